The van der Waals surface area contributed by atoms with Crippen LogP contribution in [0.5, 0.6) is 0 Å². The van der Waals surface area contributed by atoms with Crippen molar-refractivity contribution in [3.05, 3.63) is 57.6 Å². The summed E-state index contributed by atoms with van der Waals surface area (Å²) in [4.78, 5) is 32.4. The molecule has 0 saturated heterocycles. The Labute approximate surface area is 108 Å². The number of pyridine rings is 2. The number of hydrogen-bond acceptors (Lipinski definition) is 4. The molecule has 0 unspecified atom stereocenters. The first-order valence-electron chi connectivity index (χ1n) is 5.30. The summed E-state index contributed by atoms with van der Waals surface area (Å²) in [5.74, 6) is -0.595. The number of fused-ring (bicyclic) bond motifs is 2. The number of carbonyl (C=O) groups is 2. The average molecular weight is 259 g/mol. The predicted octanol–water partition coefficient (Wildman–Crippen LogP) is 2.21. The van der Waals surface area contributed by atoms with Gasteiger partial charge in [0.05, 0.1) is 11.1 Å². The molecule has 3 rings (SSSR count). The molecule has 2 aromatic rings. The highest BCUT2D eigenvalue weighted by Crippen LogP contribution is 2.26. The summed E-state index contributed by atoms with van der Waals surface area (Å²) in [5.41, 5.74) is 1.67. The Hall–Kier alpha value is -2.07. The highest BCUT2D eigenvalue weighted by atomic mass is 35.5. The number of carbonyl (C=O) groups excluding carboxylic acids is 2. The van der Waals surface area contributed by atoms with Crippen molar-refractivity contribution < 1.29 is 9.59 Å². The monoisotopic (exact) mass is 258 g/mol. The van der Waals surface area contributed by atoms with Crippen LogP contribution in [0.4, 0.5) is 0 Å². The second kappa shape index (κ2) is 3.71. The summed E-state index contributed by atoms with van der Waals surface area (Å²) >= 11 is 5.75. The van der Waals surface area contributed by atoms with Crippen molar-refractivity contribution >= 4 is 23.2 Å². The lowest BCUT2D eigenvalue weighted by molar-refractivity contribution is 0.0971. The first kappa shape index (κ1) is 11.0. The van der Waals surface area contributed by atoms with Crippen molar-refractivity contribution in [2.75, 3.05) is 0 Å². The Morgan fingerprint density at radius 1 is 1.06 bits per heavy atom. The van der Waals surface area contributed by atoms with Gasteiger partial charge >= 0.3 is 0 Å². The van der Waals surface area contributed by atoms with Crippen LogP contribution in [0, 0.1) is 6.92 Å². The van der Waals surface area contributed by atoms with Crippen LogP contribution in [-0.4, -0.2) is 21.5 Å². The highest BCUT2D eigenvalue weighted by Gasteiger charge is 2.32. The second-order valence-electron chi connectivity index (χ2n) is 4.10. The molecule has 1 aliphatic carbocycles. The molecular formula is C13H7ClN2O2. The molecule has 0 atom stereocenters. The first-order chi connectivity index (χ1) is 8.58. The summed E-state index contributed by atoms with van der Waals surface area (Å²) in [7, 11) is 0. The van der Waals surface area contributed by atoms with Crippen LogP contribution in [0.1, 0.15) is 37.7 Å². The van der Waals surface area contributed by atoms with Crippen LogP contribution < -0.4 is 0 Å². The smallest absolute Gasteiger partial charge is 0.231 e. The van der Waals surface area contributed by atoms with E-state index in [9.17, 15) is 9.59 Å². The van der Waals surface area contributed by atoms with E-state index in [4.69, 9.17) is 11.6 Å². The lowest BCUT2D eigenvalue weighted by atomic mass is 9.90. The van der Waals surface area contributed by atoms with Gasteiger partial charge in [0.15, 0.2) is 5.78 Å². The van der Waals surface area contributed by atoms with Gasteiger partial charge in [-0.25, -0.2) is 4.98 Å². The Kier molecular flexibility index (Phi) is 2.28. The molecule has 88 valence electrons. The number of nitrogens with zero attached hydrogens (tertiary/aromatic N) is 2. The van der Waals surface area contributed by atoms with Gasteiger partial charge in [-0.05, 0) is 30.7 Å². The molecule has 0 N–H and O–H groups in total. The van der Waals surface area contributed by atoms with E-state index in [-0.39, 0.29) is 33.7 Å². The number of hydrogen-bond donors (Lipinski definition) is 0. The molecule has 0 saturated carbocycles. The number of rotatable bonds is 0. The summed E-state index contributed by atoms with van der Waals surface area (Å²) in [6.07, 6.45) is 1.56. The zero-order valence-electron chi connectivity index (χ0n) is 9.40. The highest BCUT2D eigenvalue weighted by molar-refractivity contribution is 6.31. The van der Waals surface area contributed by atoms with Gasteiger partial charge in [0, 0.05) is 6.20 Å². The van der Waals surface area contributed by atoms with Crippen LogP contribution >= 0.6 is 11.6 Å². The summed E-state index contributed by atoms with van der Waals surface area (Å²) < 4.78 is 0. The van der Waals surface area contributed by atoms with Crippen molar-refractivity contribution in [1.29, 1.82) is 0 Å². The minimum absolute atomic E-state index is 0.0800. The first-order valence-corrected chi connectivity index (χ1v) is 5.68. The maximum atomic E-state index is 12.2. The van der Waals surface area contributed by atoms with E-state index in [1.165, 1.54) is 12.1 Å². The van der Waals surface area contributed by atoms with Gasteiger partial charge in [0.25, 0.3) is 0 Å². The van der Waals surface area contributed by atoms with Gasteiger partial charge in [-0.15, -0.1) is 0 Å². The van der Waals surface area contributed by atoms with Crippen molar-refractivity contribution in [3.63, 3.8) is 0 Å². The Bertz CT molecular complexity index is 649. The molecule has 0 bridgehead atoms. The molecule has 0 aliphatic heterocycles. The number of aryl methyl sites for hydroxylation is 1. The standard InChI is InChI=1S/C13H7ClN2O2/c1-6-4-8-10(15-5-6)13(18)11-7(12(8)17)2-3-9(14)16-11/h2-5H,1H3. The van der Waals surface area contributed by atoms with E-state index in [2.05, 4.69) is 9.97 Å². The van der Waals surface area contributed by atoms with Crippen LogP contribution in [0.2, 0.25) is 5.15 Å². The molecule has 2 heterocycles. The van der Waals surface area contributed by atoms with Gasteiger partial charge in [-0.3, -0.25) is 14.6 Å². The average Bonchev–Trinajstić information content (AvgIpc) is 2.36. The summed E-state index contributed by atoms with van der Waals surface area (Å²) in [6, 6.07) is 4.69. The quantitative estimate of drug-likeness (QED) is 0.580. The second-order valence-corrected chi connectivity index (χ2v) is 4.48. The van der Waals surface area contributed by atoms with E-state index in [1.54, 1.807) is 12.3 Å². The topological polar surface area (TPSA) is 59.9 Å². The minimum atomic E-state index is -0.359. The SMILES string of the molecule is Cc1cnc2c(c1)C(=O)c1ccc(Cl)nc1C2=O. The van der Waals surface area contributed by atoms with E-state index in [1.807, 2.05) is 6.92 Å². The molecule has 4 nitrogen and oxygen atoms in total. The molecule has 0 fully saturated rings. The zero-order valence-corrected chi connectivity index (χ0v) is 10.2. The van der Waals surface area contributed by atoms with Gasteiger partial charge in [-0.2, -0.15) is 0 Å². The third kappa shape index (κ3) is 1.46. The van der Waals surface area contributed by atoms with Crippen molar-refractivity contribution in [3.8, 4) is 0 Å². The minimum Gasteiger partial charge on any atom is -0.288 e. The molecular weight excluding hydrogens is 252 g/mol. The largest absolute Gasteiger partial charge is 0.288 e. The van der Waals surface area contributed by atoms with Gasteiger partial charge in [0.1, 0.15) is 16.5 Å². The fourth-order valence-corrected chi connectivity index (χ4v) is 2.12. The van der Waals surface area contributed by atoms with E-state index in [0.717, 1.165) is 5.56 Å². The third-order valence-corrected chi connectivity index (χ3v) is 3.02. The normalized spacial score (nSPS) is 13.2. The molecule has 18 heavy (non-hydrogen) atoms. The van der Waals surface area contributed by atoms with Gasteiger partial charge in [0.2, 0.25) is 5.78 Å². The molecule has 1 aliphatic rings. The summed E-state index contributed by atoms with van der Waals surface area (Å²) in [5, 5.41) is 0.186. The lowest BCUT2D eigenvalue weighted by Gasteiger charge is -2.15. The molecule has 0 amide bonds. The van der Waals surface area contributed by atoms with E-state index in [0.29, 0.717) is 5.56 Å². The fourth-order valence-electron chi connectivity index (χ4n) is 1.97. The van der Waals surface area contributed by atoms with Gasteiger partial charge in [-0.1, -0.05) is 11.6 Å². The van der Waals surface area contributed by atoms with Crippen molar-refractivity contribution in [2.24, 2.45) is 0 Å². The van der Waals surface area contributed by atoms with Gasteiger partial charge < -0.3 is 0 Å². The zero-order chi connectivity index (χ0) is 12.9. The lowest BCUT2D eigenvalue weighted by Crippen LogP contribution is -2.23. The fraction of sp³-hybridized carbons (Fsp3) is 0.0769. The molecule has 0 radical (unpaired) electrons. The van der Waals surface area contributed by atoms with Crippen LogP contribution in [0.25, 0.3) is 0 Å². The number of ketones is 2. The van der Waals surface area contributed by atoms with Crippen LogP contribution in [-0.2, 0) is 0 Å². The molecule has 2 aromatic heterocycles. The molecule has 0 spiro atoms. The Balaban J connectivity index is 2.31. The maximum absolute atomic E-state index is 12.2. The maximum Gasteiger partial charge on any atom is 0.231 e. The Morgan fingerprint density at radius 2 is 1.83 bits per heavy atom. The molecule has 5 heteroatoms. The van der Waals surface area contributed by atoms with Crippen molar-refractivity contribution in [1.82, 2.24) is 9.97 Å². The number of halogens is 1. The van der Waals surface area contributed by atoms with Crippen molar-refractivity contribution in [2.45, 2.75) is 6.92 Å². The Morgan fingerprint density at radius 3 is 2.61 bits per heavy atom. The predicted molar refractivity (Wildman–Crippen MR) is 65.1 cm³/mol. The summed E-state index contributed by atoms with van der Waals surface area (Å²) in [6.45, 7) is 1.82. The van der Waals surface area contributed by atoms with E-state index < -0.39 is 0 Å². The van der Waals surface area contributed by atoms with Crippen LogP contribution in [0.15, 0.2) is 24.4 Å². The number of aromatic nitrogens is 2. The van der Waals surface area contributed by atoms with E-state index >= 15 is 0 Å². The van der Waals surface area contributed by atoms with Crippen LogP contribution in [0.3, 0.4) is 0 Å². The third-order valence-electron chi connectivity index (χ3n) is 2.81. The molecule has 0 aromatic carbocycles.